The van der Waals surface area contributed by atoms with Gasteiger partial charge in [-0.1, -0.05) is 6.92 Å². The number of ether oxygens (including phenoxy) is 1. The van der Waals surface area contributed by atoms with Crippen molar-refractivity contribution in [3.05, 3.63) is 28.2 Å². The number of aromatic hydroxyl groups is 1. The van der Waals surface area contributed by atoms with E-state index in [-0.39, 0.29) is 23.8 Å². The molecule has 0 aromatic carbocycles. The monoisotopic (exact) mass is 282 g/mol. The summed E-state index contributed by atoms with van der Waals surface area (Å²) in [6.07, 6.45) is 2.16. The molecule has 1 saturated heterocycles. The molecule has 112 valence electrons. The van der Waals surface area contributed by atoms with Gasteiger partial charge >= 0.3 is 0 Å². The molecule has 0 bridgehead atoms. The van der Waals surface area contributed by atoms with Gasteiger partial charge in [0.2, 0.25) is 5.43 Å². The van der Waals surface area contributed by atoms with Gasteiger partial charge in [-0.15, -0.1) is 0 Å². The van der Waals surface area contributed by atoms with Crippen LogP contribution in [0.4, 0.5) is 0 Å². The molecule has 1 aliphatic rings. The highest BCUT2D eigenvalue weighted by Gasteiger charge is 2.17. The van der Waals surface area contributed by atoms with Crippen LogP contribution in [0.5, 0.6) is 5.75 Å². The summed E-state index contributed by atoms with van der Waals surface area (Å²) in [6.45, 7) is 5.61. The molecule has 20 heavy (non-hydrogen) atoms. The molecule has 2 N–H and O–H groups in total. The van der Waals surface area contributed by atoms with Gasteiger partial charge in [0.15, 0.2) is 5.75 Å². The third-order valence-corrected chi connectivity index (χ3v) is 3.71. The molecule has 1 aliphatic heterocycles. The SMILES string of the molecule is CCC(CO)n1cc(O)c(=O)cc1CN1CCOCC1. The quantitative estimate of drug-likeness (QED) is 0.814. The number of morpholine rings is 1. The lowest BCUT2D eigenvalue weighted by Gasteiger charge is -2.29. The van der Waals surface area contributed by atoms with E-state index in [0.29, 0.717) is 19.8 Å². The molecule has 2 rings (SSSR count). The number of aromatic nitrogens is 1. The van der Waals surface area contributed by atoms with E-state index >= 15 is 0 Å². The third kappa shape index (κ3) is 3.39. The van der Waals surface area contributed by atoms with E-state index in [1.54, 1.807) is 0 Å². The second-order valence-electron chi connectivity index (χ2n) is 5.05. The van der Waals surface area contributed by atoms with Crippen LogP contribution < -0.4 is 5.43 Å². The van der Waals surface area contributed by atoms with Crippen LogP contribution in [0, 0.1) is 0 Å². The van der Waals surface area contributed by atoms with E-state index < -0.39 is 0 Å². The summed E-state index contributed by atoms with van der Waals surface area (Å²) in [4.78, 5) is 13.9. The number of rotatable bonds is 5. The van der Waals surface area contributed by atoms with Crippen molar-refractivity contribution in [1.29, 1.82) is 0 Å². The average Bonchev–Trinajstić information content (AvgIpc) is 2.46. The highest BCUT2D eigenvalue weighted by Crippen LogP contribution is 2.17. The van der Waals surface area contributed by atoms with Crippen LogP contribution in [0.15, 0.2) is 17.1 Å². The molecule has 1 unspecified atom stereocenters. The van der Waals surface area contributed by atoms with Crippen molar-refractivity contribution in [2.75, 3.05) is 32.9 Å². The Hall–Kier alpha value is -1.37. The topological polar surface area (TPSA) is 74.9 Å². The third-order valence-electron chi connectivity index (χ3n) is 3.71. The number of aliphatic hydroxyl groups is 1. The Bertz CT molecular complexity index is 490. The molecule has 2 heterocycles. The van der Waals surface area contributed by atoms with Crippen molar-refractivity contribution in [1.82, 2.24) is 9.47 Å². The lowest BCUT2D eigenvalue weighted by atomic mass is 10.2. The highest BCUT2D eigenvalue weighted by molar-refractivity contribution is 5.21. The van der Waals surface area contributed by atoms with Crippen molar-refractivity contribution in [3.63, 3.8) is 0 Å². The Balaban J connectivity index is 2.28. The minimum absolute atomic E-state index is 0.0189. The Kier molecular flexibility index (Phi) is 5.17. The van der Waals surface area contributed by atoms with Gasteiger partial charge in [0.1, 0.15) is 0 Å². The lowest BCUT2D eigenvalue weighted by molar-refractivity contribution is 0.0326. The molecule has 0 saturated carbocycles. The Morgan fingerprint density at radius 1 is 1.40 bits per heavy atom. The molecule has 1 aromatic rings. The molecule has 1 fully saturated rings. The zero-order chi connectivity index (χ0) is 14.5. The summed E-state index contributed by atoms with van der Waals surface area (Å²) >= 11 is 0. The normalized spacial score (nSPS) is 18.1. The Morgan fingerprint density at radius 3 is 2.70 bits per heavy atom. The lowest BCUT2D eigenvalue weighted by Crippen LogP contribution is -2.37. The first-order chi connectivity index (χ1) is 9.65. The van der Waals surface area contributed by atoms with Gasteiger partial charge < -0.3 is 19.5 Å². The maximum absolute atomic E-state index is 11.7. The summed E-state index contributed by atoms with van der Waals surface area (Å²) < 4.78 is 7.12. The number of hydrogen-bond acceptors (Lipinski definition) is 5. The van der Waals surface area contributed by atoms with Gasteiger partial charge in [-0.05, 0) is 6.42 Å². The zero-order valence-corrected chi connectivity index (χ0v) is 11.8. The summed E-state index contributed by atoms with van der Waals surface area (Å²) in [6, 6.07) is 1.33. The molecule has 0 radical (unpaired) electrons. The molecule has 1 atom stereocenters. The predicted octanol–water partition coefficient (Wildman–Crippen LogP) is 0.329. The molecule has 6 nitrogen and oxygen atoms in total. The molecule has 0 amide bonds. The average molecular weight is 282 g/mol. The second kappa shape index (κ2) is 6.88. The van der Waals surface area contributed by atoms with Gasteiger partial charge in [0, 0.05) is 31.4 Å². The van der Waals surface area contributed by atoms with Crippen molar-refractivity contribution in [2.45, 2.75) is 25.9 Å². The van der Waals surface area contributed by atoms with Crippen molar-refractivity contribution < 1.29 is 14.9 Å². The summed E-state index contributed by atoms with van der Waals surface area (Å²) in [5.74, 6) is -0.275. The minimum Gasteiger partial charge on any atom is -0.503 e. The first-order valence-electron chi connectivity index (χ1n) is 7.00. The second-order valence-corrected chi connectivity index (χ2v) is 5.05. The van der Waals surface area contributed by atoms with Crippen LogP contribution in [0.3, 0.4) is 0 Å². The first-order valence-corrected chi connectivity index (χ1v) is 7.00. The summed E-state index contributed by atoms with van der Waals surface area (Å²) in [5, 5.41) is 19.1. The summed E-state index contributed by atoms with van der Waals surface area (Å²) in [5.41, 5.74) is 0.438. The van der Waals surface area contributed by atoms with Crippen LogP contribution in [0.1, 0.15) is 25.1 Å². The van der Waals surface area contributed by atoms with Gasteiger partial charge in [-0.3, -0.25) is 9.69 Å². The van der Waals surface area contributed by atoms with Crippen LogP contribution in [-0.4, -0.2) is 52.6 Å². The van der Waals surface area contributed by atoms with Crippen LogP contribution in [-0.2, 0) is 11.3 Å². The van der Waals surface area contributed by atoms with E-state index in [1.165, 1.54) is 12.3 Å². The van der Waals surface area contributed by atoms with Crippen LogP contribution in [0.25, 0.3) is 0 Å². The maximum Gasteiger partial charge on any atom is 0.223 e. The fraction of sp³-hybridized carbons (Fsp3) is 0.643. The van der Waals surface area contributed by atoms with E-state index in [0.717, 1.165) is 25.2 Å². The summed E-state index contributed by atoms with van der Waals surface area (Å²) in [7, 11) is 0. The van der Waals surface area contributed by atoms with Crippen molar-refractivity contribution in [2.24, 2.45) is 0 Å². The number of hydrogen-bond donors (Lipinski definition) is 2. The predicted molar refractivity (Wildman–Crippen MR) is 74.9 cm³/mol. The molecule has 6 heteroatoms. The first kappa shape index (κ1) is 15.0. The van der Waals surface area contributed by atoms with Crippen LogP contribution in [0.2, 0.25) is 0 Å². The Labute approximate surface area is 118 Å². The van der Waals surface area contributed by atoms with E-state index in [4.69, 9.17) is 4.74 Å². The molecule has 0 aliphatic carbocycles. The maximum atomic E-state index is 11.7. The Morgan fingerprint density at radius 2 is 2.10 bits per heavy atom. The van der Waals surface area contributed by atoms with Crippen LogP contribution >= 0.6 is 0 Å². The standard InChI is InChI=1S/C14H22N2O4/c1-2-11(10-17)16-9-14(19)13(18)7-12(16)8-15-3-5-20-6-4-15/h7,9,11,17,19H,2-6,8,10H2,1H3. The smallest absolute Gasteiger partial charge is 0.223 e. The largest absolute Gasteiger partial charge is 0.503 e. The molecular formula is C14H22N2O4. The van der Waals surface area contributed by atoms with E-state index in [1.807, 2.05) is 11.5 Å². The minimum atomic E-state index is -0.377. The number of aliphatic hydroxyl groups excluding tert-OH is 1. The van der Waals surface area contributed by atoms with E-state index in [2.05, 4.69) is 4.90 Å². The van der Waals surface area contributed by atoms with Gasteiger partial charge in [-0.2, -0.15) is 0 Å². The number of nitrogens with zero attached hydrogens (tertiary/aromatic N) is 2. The highest BCUT2D eigenvalue weighted by atomic mass is 16.5. The van der Waals surface area contributed by atoms with Crippen molar-refractivity contribution >= 4 is 0 Å². The van der Waals surface area contributed by atoms with E-state index in [9.17, 15) is 15.0 Å². The fourth-order valence-corrected chi connectivity index (χ4v) is 2.45. The fourth-order valence-electron chi connectivity index (χ4n) is 2.45. The van der Waals surface area contributed by atoms with Crippen molar-refractivity contribution in [3.8, 4) is 5.75 Å². The van der Waals surface area contributed by atoms with Gasteiger partial charge in [0.05, 0.1) is 32.1 Å². The molecule has 1 aromatic heterocycles. The zero-order valence-electron chi connectivity index (χ0n) is 11.8. The molecule has 0 spiro atoms. The van der Waals surface area contributed by atoms with Gasteiger partial charge in [0.25, 0.3) is 0 Å². The van der Waals surface area contributed by atoms with Gasteiger partial charge in [-0.25, -0.2) is 0 Å². The number of pyridine rings is 1. The molecular weight excluding hydrogens is 260 g/mol.